The molecule has 0 aliphatic rings. The van der Waals surface area contributed by atoms with Crippen LogP contribution in [-0.2, 0) is 15.1 Å². The maximum absolute atomic E-state index is 12.0. The Morgan fingerprint density at radius 1 is 1.38 bits per heavy atom. The van der Waals surface area contributed by atoms with E-state index in [1.165, 1.54) is 0 Å². The van der Waals surface area contributed by atoms with Crippen LogP contribution < -0.4 is 5.73 Å². The summed E-state index contributed by atoms with van der Waals surface area (Å²) in [7, 11) is 0. The van der Waals surface area contributed by atoms with Crippen LogP contribution in [0.25, 0.3) is 0 Å². The van der Waals surface area contributed by atoms with E-state index in [1.807, 2.05) is 44.2 Å². The minimum Gasteiger partial charge on any atom is -0.464 e. The van der Waals surface area contributed by atoms with Crippen molar-refractivity contribution < 1.29 is 9.53 Å². The Kier molecular flexibility index (Phi) is 4.07. The SMILES string of the molecule is CCOC(=O)C(N)(c1ccccc1)C(C)C. The zero-order valence-corrected chi connectivity index (χ0v) is 10.1. The Hall–Kier alpha value is -1.35. The highest BCUT2D eigenvalue weighted by Gasteiger charge is 2.40. The van der Waals surface area contributed by atoms with Gasteiger partial charge in [0, 0.05) is 0 Å². The van der Waals surface area contributed by atoms with E-state index >= 15 is 0 Å². The van der Waals surface area contributed by atoms with Crippen LogP contribution in [0.15, 0.2) is 30.3 Å². The second-order valence-corrected chi connectivity index (χ2v) is 4.11. The molecule has 16 heavy (non-hydrogen) atoms. The number of carbonyl (C=O) groups is 1. The molecule has 1 aromatic carbocycles. The molecule has 88 valence electrons. The molecule has 0 aliphatic carbocycles. The van der Waals surface area contributed by atoms with Gasteiger partial charge in [0.25, 0.3) is 0 Å². The van der Waals surface area contributed by atoms with Crippen molar-refractivity contribution in [3.63, 3.8) is 0 Å². The predicted molar refractivity (Wildman–Crippen MR) is 63.8 cm³/mol. The van der Waals surface area contributed by atoms with E-state index in [-0.39, 0.29) is 11.9 Å². The van der Waals surface area contributed by atoms with Crippen molar-refractivity contribution in [2.45, 2.75) is 26.3 Å². The second-order valence-electron chi connectivity index (χ2n) is 4.11. The molecule has 0 heterocycles. The lowest BCUT2D eigenvalue weighted by Gasteiger charge is -2.31. The predicted octanol–water partition coefficient (Wildman–Crippen LogP) is 2.06. The maximum Gasteiger partial charge on any atom is 0.331 e. The van der Waals surface area contributed by atoms with Gasteiger partial charge in [0.05, 0.1) is 6.61 Å². The number of hydrogen-bond donors (Lipinski definition) is 1. The molecule has 1 unspecified atom stereocenters. The molecule has 0 saturated heterocycles. The van der Waals surface area contributed by atoms with Crippen LogP contribution in [0.5, 0.6) is 0 Å². The molecule has 3 nitrogen and oxygen atoms in total. The molecule has 0 aromatic heterocycles. The summed E-state index contributed by atoms with van der Waals surface area (Å²) in [6.45, 7) is 5.97. The van der Waals surface area contributed by atoms with E-state index in [2.05, 4.69) is 0 Å². The van der Waals surface area contributed by atoms with E-state index in [0.717, 1.165) is 5.56 Å². The first-order valence-corrected chi connectivity index (χ1v) is 5.55. The molecule has 2 N–H and O–H groups in total. The number of rotatable bonds is 4. The smallest absolute Gasteiger partial charge is 0.331 e. The Labute approximate surface area is 96.6 Å². The summed E-state index contributed by atoms with van der Waals surface area (Å²) in [5.41, 5.74) is 5.95. The van der Waals surface area contributed by atoms with E-state index in [9.17, 15) is 4.79 Å². The third-order valence-corrected chi connectivity index (χ3v) is 2.78. The Bertz CT molecular complexity index is 348. The van der Waals surface area contributed by atoms with Gasteiger partial charge in [-0.15, -0.1) is 0 Å². The molecule has 0 fully saturated rings. The monoisotopic (exact) mass is 221 g/mol. The summed E-state index contributed by atoms with van der Waals surface area (Å²) in [5, 5.41) is 0. The zero-order valence-electron chi connectivity index (χ0n) is 10.1. The van der Waals surface area contributed by atoms with Crippen LogP contribution >= 0.6 is 0 Å². The third-order valence-electron chi connectivity index (χ3n) is 2.78. The van der Waals surface area contributed by atoms with E-state index in [0.29, 0.717) is 6.61 Å². The van der Waals surface area contributed by atoms with Gasteiger partial charge >= 0.3 is 5.97 Å². The van der Waals surface area contributed by atoms with Gasteiger partial charge in [-0.2, -0.15) is 0 Å². The summed E-state index contributed by atoms with van der Waals surface area (Å²) in [5.74, 6) is -0.384. The maximum atomic E-state index is 12.0. The number of nitrogens with two attached hydrogens (primary N) is 1. The lowest BCUT2D eigenvalue weighted by atomic mass is 9.81. The molecular weight excluding hydrogens is 202 g/mol. The minimum absolute atomic E-state index is 0.0195. The minimum atomic E-state index is -1.06. The highest BCUT2D eigenvalue weighted by atomic mass is 16.5. The number of esters is 1. The Morgan fingerprint density at radius 3 is 2.38 bits per heavy atom. The van der Waals surface area contributed by atoms with Gasteiger partial charge in [0.15, 0.2) is 0 Å². The molecule has 1 atom stereocenters. The van der Waals surface area contributed by atoms with Crippen molar-refractivity contribution in [1.29, 1.82) is 0 Å². The second kappa shape index (κ2) is 5.12. The van der Waals surface area contributed by atoms with E-state index in [4.69, 9.17) is 10.5 Å². The normalized spacial score (nSPS) is 14.6. The topological polar surface area (TPSA) is 52.3 Å². The van der Waals surface area contributed by atoms with Gasteiger partial charge in [0.1, 0.15) is 5.54 Å². The van der Waals surface area contributed by atoms with Crippen LogP contribution in [0.3, 0.4) is 0 Å². The Morgan fingerprint density at radius 2 is 1.94 bits per heavy atom. The molecule has 0 radical (unpaired) electrons. The molecule has 0 spiro atoms. The fourth-order valence-corrected chi connectivity index (χ4v) is 1.65. The fraction of sp³-hybridized carbons (Fsp3) is 0.462. The highest BCUT2D eigenvalue weighted by molar-refractivity contribution is 5.82. The van der Waals surface area contributed by atoms with E-state index < -0.39 is 5.54 Å². The van der Waals surface area contributed by atoms with Crippen LogP contribution in [-0.4, -0.2) is 12.6 Å². The van der Waals surface area contributed by atoms with Crippen LogP contribution in [0, 0.1) is 5.92 Å². The van der Waals surface area contributed by atoms with Crippen molar-refractivity contribution in [3.8, 4) is 0 Å². The average Bonchev–Trinajstić information content (AvgIpc) is 2.29. The molecule has 1 rings (SSSR count). The largest absolute Gasteiger partial charge is 0.464 e. The molecule has 0 saturated carbocycles. The summed E-state index contributed by atoms with van der Waals surface area (Å²) >= 11 is 0. The molecule has 3 heteroatoms. The van der Waals surface area contributed by atoms with Gasteiger partial charge in [-0.05, 0) is 18.4 Å². The van der Waals surface area contributed by atoms with Crippen molar-refractivity contribution in [2.75, 3.05) is 6.61 Å². The summed E-state index contributed by atoms with van der Waals surface area (Å²) in [6, 6.07) is 9.36. The summed E-state index contributed by atoms with van der Waals surface area (Å²) in [4.78, 5) is 12.0. The lowest BCUT2D eigenvalue weighted by molar-refractivity contribution is -0.152. The van der Waals surface area contributed by atoms with Gasteiger partial charge in [-0.3, -0.25) is 0 Å². The quantitative estimate of drug-likeness (QED) is 0.792. The van der Waals surface area contributed by atoms with Gasteiger partial charge in [0.2, 0.25) is 0 Å². The average molecular weight is 221 g/mol. The van der Waals surface area contributed by atoms with Gasteiger partial charge in [-0.25, -0.2) is 4.79 Å². The van der Waals surface area contributed by atoms with Crippen molar-refractivity contribution in [2.24, 2.45) is 11.7 Å². The fourth-order valence-electron chi connectivity index (χ4n) is 1.65. The zero-order chi connectivity index (χ0) is 12.2. The highest BCUT2D eigenvalue weighted by Crippen LogP contribution is 2.28. The Balaban J connectivity index is 3.12. The van der Waals surface area contributed by atoms with Crippen molar-refractivity contribution >= 4 is 5.97 Å². The van der Waals surface area contributed by atoms with Gasteiger partial charge < -0.3 is 10.5 Å². The first kappa shape index (κ1) is 12.7. The first-order valence-electron chi connectivity index (χ1n) is 5.55. The standard InChI is InChI=1S/C13H19NO2/c1-4-16-12(15)13(14,10(2)3)11-8-6-5-7-9-11/h5-10H,4,14H2,1-3H3. The molecule has 0 aliphatic heterocycles. The van der Waals surface area contributed by atoms with Crippen LogP contribution in [0.2, 0.25) is 0 Å². The number of benzene rings is 1. The summed E-state index contributed by atoms with van der Waals surface area (Å²) in [6.07, 6.45) is 0. The third kappa shape index (κ3) is 2.25. The first-order chi connectivity index (χ1) is 7.53. The number of ether oxygens (including phenoxy) is 1. The lowest BCUT2D eigenvalue weighted by Crippen LogP contribution is -2.50. The van der Waals surface area contributed by atoms with Crippen LogP contribution in [0.1, 0.15) is 26.3 Å². The van der Waals surface area contributed by atoms with Crippen molar-refractivity contribution in [1.82, 2.24) is 0 Å². The van der Waals surface area contributed by atoms with Gasteiger partial charge in [-0.1, -0.05) is 44.2 Å². The molecular formula is C13H19NO2. The number of hydrogen-bond acceptors (Lipinski definition) is 3. The van der Waals surface area contributed by atoms with Crippen molar-refractivity contribution in [3.05, 3.63) is 35.9 Å². The molecule has 0 amide bonds. The summed E-state index contributed by atoms with van der Waals surface area (Å²) < 4.78 is 5.06. The van der Waals surface area contributed by atoms with Crippen LogP contribution in [0.4, 0.5) is 0 Å². The molecule has 1 aromatic rings. The molecule has 0 bridgehead atoms. The van der Waals surface area contributed by atoms with E-state index in [1.54, 1.807) is 6.92 Å². The number of carbonyl (C=O) groups excluding carboxylic acids is 1.